The molecule has 3 atom stereocenters. The number of carbonyl (C=O) groups is 1. The van der Waals surface area contributed by atoms with E-state index >= 15 is 0 Å². The molecule has 1 amide bonds. The van der Waals surface area contributed by atoms with Crippen molar-refractivity contribution in [3.05, 3.63) is 0 Å². The van der Waals surface area contributed by atoms with E-state index in [1.54, 1.807) is 7.11 Å². The highest BCUT2D eigenvalue weighted by Crippen LogP contribution is 2.21. The number of carbonyl (C=O) groups excluding carboxylic acids is 1. The maximum Gasteiger partial charge on any atom is 0.225 e. The Morgan fingerprint density at radius 1 is 1.41 bits per heavy atom. The van der Waals surface area contributed by atoms with E-state index in [0.29, 0.717) is 11.9 Å². The number of nitrogens with zero attached hydrogens (tertiary/aromatic N) is 1. The standard InChI is InChI=1S/C13H24N2O2/c1-10-8-11(5-6-14-10)13(16)15-7-3-4-12(9-15)17-2/h10-12,14H,3-9H2,1-2H3/t10-,11-,12?/m0/s1. The van der Waals surface area contributed by atoms with Gasteiger partial charge in [0.25, 0.3) is 0 Å². The summed E-state index contributed by atoms with van der Waals surface area (Å²) < 4.78 is 5.37. The van der Waals surface area contributed by atoms with Crippen LogP contribution in [0.25, 0.3) is 0 Å². The topological polar surface area (TPSA) is 41.6 Å². The summed E-state index contributed by atoms with van der Waals surface area (Å²) in [6.07, 6.45) is 4.37. The second kappa shape index (κ2) is 5.83. The maximum absolute atomic E-state index is 12.4. The zero-order valence-electron chi connectivity index (χ0n) is 10.9. The molecule has 0 saturated carbocycles. The van der Waals surface area contributed by atoms with E-state index in [0.717, 1.165) is 45.3 Å². The van der Waals surface area contributed by atoms with Gasteiger partial charge in [0, 0.05) is 32.2 Å². The monoisotopic (exact) mass is 240 g/mol. The number of ether oxygens (including phenoxy) is 1. The Hall–Kier alpha value is -0.610. The van der Waals surface area contributed by atoms with Crippen LogP contribution in [0.4, 0.5) is 0 Å². The van der Waals surface area contributed by atoms with Gasteiger partial charge in [0.15, 0.2) is 0 Å². The number of amides is 1. The lowest BCUT2D eigenvalue weighted by atomic mass is 9.91. The summed E-state index contributed by atoms with van der Waals surface area (Å²) >= 11 is 0. The van der Waals surface area contributed by atoms with Crippen LogP contribution in [0, 0.1) is 5.92 Å². The average molecular weight is 240 g/mol. The molecule has 2 aliphatic rings. The highest BCUT2D eigenvalue weighted by Gasteiger charge is 2.31. The molecule has 4 heteroatoms. The van der Waals surface area contributed by atoms with E-state index in [9.17, 15) is 4.79 Å². The lowest BCUT2D eigenvalue weighted by Crippen LogP contribution is -2.48. The van der Waals surface area contributed by atoms with Crippen molar-refractivity contribution >= 4 is 5.91 Å². The first-order valence-corrected chi connectivity index (χ1v) is 6.75. The lowest BCUT2D eigenvalue weighted by Gasteiger charge is -2.36. The van der Waals surface area contributed by atoms with E-state index in [1.807, 2.05) is 4.90 Å². The largest absolute Gasteiger partial charge is 0.380 e. The number of methoxy groups -OCH3 is 1. The predicted molar refractivity (Wildman–Crippen MR) is 66.8 cm³/mol. The molecule has 17 heavy (non-hydrogen) atoms. The van der Waals surface area contributed by atoms with Crippen LogP contribution in [0.5, 0.6) is 0 Å². The van der Waals surface area contributed by atoms with Gasteiger partial charge in [0.1, 0.15) is 0 Å². The molecule has 0 bridgehead atoms. The highest BCUT2D eigenvalue weighted by molar-refractivity contribution is 5.79. The smallest absolute Gasteiger partial charge is 0.225 e. The molecule has 2 rings (SSSR count). The SMILES string of the molecule is COC1CCCN(C(=O)[C@H]2CCN[C@@H](C)C2)C1. The third-order valence-corrected chi connectivity index (χ3v) is 4.00. The summed E-state index contributed by atoms with van der Waals surface area (Å²) in [6.45, 7) is 4.83. The minimum Gasteiger partial charge on any atom is -0.380 e. The number of hydrogen-bond acceptors (Lipinski definition) is 3. The van der Waals surface area contributed by atoms with Gasteiger partial charge in [0.2, 0.25) is 5.91 Å². The fourth-order valence-electron chi connectivity index (χ4n) is 2.95. The summed E-state index contributed by atoms with van der Waals surface area (Å²) in [4.78, 5) is 14.4. The molecule has 0 aromatic rings. The van der Waals surface area contributed by atoms with Crippen LogP contribution in [-0.2, 0) is 9.53 Å². The van der Waals surface area contributed by atoms with Crippen molar-refractivity contribution in [1.82, 2.24) is 10.2 Å². The first-order valence-electron chi connectivity index (χ1n) is 6.75. The Bertz CT molecular complexity index is 270. The van der Waals surface area contributed by atoms with Crippen LogP contribution in [0.1, 0.15) is 32.6 Å². The Labute approximate surface area is 104 Å². The van der Waals surface area contributed by atoms with E-state index in [1.165, 1.54) is 0 Å². The van der Waals surface area contributed by atoms with Crippen molar-refractivity contribution < 1.29 is 9.53 Å². The normalized spacial score (nSPS) is 34.7. The number of piperidine rings is 2. The molecular formula is C13H24N2O2. The molecule has 0 spiro atoms. The van der Waals surface area contributed by atoms with Crippen molar-refractivity contribution in [3.8, 4) is 0 Å². The third kappa shape index (κ3) is 3.19. The summed E-state index contributed by atoms with van der Waals surface area (Å²) in [5, 5.41) is 3.39. The molecular weight excluding hydrogens is 216 g/mol. The summed E-state index contributed by atoms with van der Waals surface area (Å²) in [6, 6.07) is 0.473. The molecule has 2 saturated heterocycles. The van der Waals surface area contributed by atoms with Crippen molar-refractivity contribution in [1.29, 1.82) is 0 Å². The zero-order chi connectivity index (χ0) is 12.3. The second-order valence-corrected chi connectivity index (χ2v) is 5.36. The molecule has 0 radical (unpaired) electrons. The van der Waals surface area contributed by atoms with Crippen LogP contribution in [0.2, 0.25) is 0 Å². The molecule has 2 aliphatic heterocycles. The molecule has 4 nitrogen and oxygen atoms in total. The van der Waals surface area contributed by atoms with Crippen molar-refractivity contribution in [2.75, 3.05) is 26.7 Å². The Kier molecular flexibility index (Phi) is 4.40. The molecule has 98 valence electrons. The van der Waals surface area contributed by atoms with E-state index in [2.05, 4.69) is 12.2 Å². The fraction of sp³-hybridized carbons (Fsp3) is 0.923. The molecule has 0 aromatic heterocycles. The van der Waals surface area contributed by atoms with Gasteiger partial charge in [0.05, 0.1) is 6.10 Å². The Morgan fingerprint density at radius 3 is 2.94 bits per heavy atom. The number of rotatable bonds is 2. The van der Waals surface area contributed by atoms with Crippen LogP contribution in [0.15, 0.2) is 0 Å². The minimum absolute atomic E-state index is 0.224. The summed E-state index contributed by atoms with van der Waals surface area (Å²) in [7, 11) is 1.74. The van der Waals surface area contributed by atoms with Crippen molar-refractivity contribution in [3.63, 3.8) is 0 Å². The second-order valence-electron chi connectivity index (χ2n) is 5.36. The lowest BCUT2D eigenvalue weighted by molar-refractivity contribution is -0.140. The van der Waals surface area contributed by atoms with E-state index < -0.39 is 0 Å². The van der Waals surface area contributed by atoms with Gasteiger partial charge in [-0.25, -0.2) is 0 Å². The molecule has 1 N–H and O–H groups in total. The molecule has 1 unspecified atom stereocenters. The van der Waals surface area contributed by atoms with Gasteiger partial charge in [-0.05, 0) is 39.2 Å². The van der Waals surface area contributed by atoms with Gasteiger partial charge in [-0.3, -0.25) is 4.79 Å². The van der Waals surface area contributed by atoms with Gasteiger partial charge >= 0.3 is 0 Å². The van der Waals surface area contributed by atoms with Crippen LogP contribution in [-0.4, -0.2) is 49.7 Å². The fourth-order valence-corrected chi connectivity index (χ4v) is 2.95. The third-order valence-electron chi connectivity index (χ3n) is 4.00. The Balaban J connectivity index is 1.89. The van der Waals surface area contributed by atoms with Crippen molar-refractivity contribution in [2.45, 2.75) is 44.8 Å². The van der Waals surface area contributed by atoms with Gasteiger partial charge < -0.3 is 15.0 Å². The van der Waals surface area contributed by atoms with E-state index in [4.69, 9.17) is 4.74 Å². The van der Waals surface area contributed by atoms with Crippen molar-refractivity contribution in [2.24, 2.45) is 5.92 Å². The molecule has 2 heterocycles. The average Bonchev–Trinajstić information content (AvgIpc) is 2.38. The zero-order valence-corrected chi connectivity index (χ0v) is 10.9. The maximum atomic E-state index is 12.4. The van der Waals surface area contributed by atoms with Gasteiger partial charge in [-0.15, -0.1) is 0 Å². The van der Waals surface area contributed by atoms with Crippen LogP contribution >= 0.6 is 0 Å². The highest BCUT2D eigenvalue weighted by atomic mass is 16.5. The quantitative estimate of drug-likeness (QED) is 0.783. The molecule has 0 aromatic carbocycles. The number of likely N-dealkylation sites (tertiary alicyclic amines) is 1. The molecule has 2 fully saturated rings. The summed E-state index contributed by atoms with van der Waals surface area (Å²) in [5.74, 6) is 0.571. The number of hydrogen-bond donors (Lipinski definition) is 1. The first-order chi connectivity index (χ1) is 8.20. The number of nitrogens with one attached hydrogen (secondary N) is 1. The van der Waals surface area contributed by atoms with Gasteiger partial charge in [-0.2, -0.15) is 0 Å². The minimum atomic E-state index is 0.224. The summed E-state index contributed by atoms with van der Waals surface area (Å²) in [5.41, 5.74) is 0. The predicted octanol–water partition coefficient (Wildman–Crippen LogP) is 1.01. The van der Waals surface area contributed by atoms with Crippen LogP contribution < -0.4 is 5.32 Å². The van der Waals surface area contributed by atoms with E-state index in [-0.39, 0.29) is 12.0 Å². The Morgan fingerprint density at radius 2 is 2.24 bits per heavy atom. The van der Waals surface area contributed by atoms with Gasteiger partial charge in [-0.1, -0.05) is 0 Å². The molecule has 0 aliphatic carbocycles. The first kappa shape index (κ1) is 12.8. The van der Waals surface area contributed by atoms with Crippen LogP contribution in [0.3, 0.4) is 0 Å².